The quantitative estimate of drug-likeness (QED) is 0.547. The second-order valence-electron chi connectivity index (χ2n) is 3.89. The topological polar surface area (TPSA) is 0 Å². The Balaban J connectivity index is 1.83. The van der Waals surface area contributed by atoms with Gasteiger partial charge in [0.25, 0.3) is 0 Å². The van der Waals surface area contributed by atoms with Crippen LogP contribution < -0.4 is 0 Å². The van der Waals surface area contributed by atoms with Crippen LogP contribution in [-0.2, 0) is 0 Å². The second kappa shape index (κ2) is 4.00. The average Bonchev–Trinajstić information content (AvgIpc) is 2.71. The summed E-state index contributed by atoms with van der Waals surface area (Å²) in [7, 11) is 0. The molecule has 0 heterocycles. The smallest absolute Gasteiger partial charge is 0.0414 e. The monoisotopic (exact) mass is 140 g/mol. The van der Waals surface area contributed by atoms with Crippen molar-refractivity contribution in [3.05, 3.63) is 0 Å². The molecule has 1 unspecified atom stereocenters. The predicted octanol–water partition coefficient (Wildman–Crippen LogP) is 3.61. The van der Waals surface area contributed by atoms with Crippen LogP contribution in [0.4, 0.5) is 0 Å². The first-order valence-electron chi connectivity index (χ1n) is 4.83. The number of hydrogen-bond acceptors (Lipinski definition) is 0. The van der Waals surface area contributed by atoms with Crippen molar-refractivity contribution in [3.63, 3.8) is 0 Å². The molecule has 60 valence electrons. The largest absolute Gasteiger partial charge is 0.0651 e. The maximum absolute atomic E-state index is 2.37. The predicted molar refractivity (Wildman–Crippen MR) is 46.0 cm³/mol. The fourth-order valence-corrected chi connectivity index (χ4v) is 1.37. The molecule has 10 heavy (non-hydrogen) atoms. The summed E-state index contributed by atoms with van der Waals surface area (Å²) >= 11 is 0. The van der Waals surface area contributed by atoms with Crippen molar-refractivity contribution in [1.29, 1.82) is 0 Å². The van der Waals surface area contributed by atoms with Crippen LogP contribution in [0, 0.1) is 11.8 Å². The van der Waals surface area contributed by atoms with E-state index in [0.29, 0.717) is 0 Å². The standard InChI is InChI=1S/C10H20/c1-3-9(2)5-4-6-10-7-8-10/h9-10H,3-8H2,1-2H3. The molecule has 1 atom stereocenters. The van der Waals surface area contributed by atoms with Crippen LogP contribution in [0.1, 0.15) is 52.4 Å². The van der Waals surface area contributed by atoms with Crippen LogP contribution >= 0.6 is 0 Å². The number of hydrogen-bond donors (Lipinski definition) is 0. The Hall–Kier alpha value is 0. The molecule has 0 radical (unpaired) electrons. The Bertz CT molecular complexity index is 82.0. The molecule has 0 heteroatoms. The van der Waals surface area contributed by atoms with E-state index < -0.39 is 0 Å². The zero-order valence-corrected chi connectivity index (χ0v) is 7.40. The minimum absolute atomic E-state index is 0.971. The Kier molecular flexibility index (Phi) is 3.24. The molecule has 0 amide bonds. The highest BCUT2D eigenvalue weighted by atomic mass is 14.3. The molecule has 0 bridgehead atoms. The van der Waals surface area contributed by atoms with Crippen LogP contribution in [0.25, 0.3) is 0 Å². The van der Waals surface area contributed by atoms with Gasteiger partial charge in [-0.05, 0) is 11.8 Å². The van der Waals surface area contributed by atoms with Crippen molar-refractivity contribution >= 4 is 0 Å². The zero-order valence-electron chi connectivity index (χ0n) is 7.40. The van der Waals surface area contributed by atoms with Gasteiger partial charge >= 0.3 is 0 Å². The Morgan fingerprint density at radius 1 is 1.40 bits per heavy atom. The summed E-state index contributed by atoms with van der Waals surface area (Å²) in [4.78, 5) is 0. The van der Waals surface area contributed by atoms with Crippen molar-refractivity contribution in [2.75, 3.05) is 0 Å². The lowest BCUT2D eigenvalue weighted by Gasteiger charge is -2.06. The summed E-state index contributed by atoms with van der Waals surface area (Å²) in [5.74, 6) is 2.11. The van der Waals surface area contributed by atoms with Gasteiger partial charge in [-0.2, -0.15) is 0 Å². The lowest BCUT2D eigenvalue weighted by Crippen LogP contribution is -1.91. The van der Waals surface area contributed by atoms with Gasteiger partial charge in [-0.15, -0.1) is 0 Å². The zero-order chi connectivity index (χ0) is 7.40. The van der Waals surface area contributed by atoms with Crippen molar-refractivity contribution in [2.24, 2.45) is 11.8 Å². The van der Waals surface area contributed by atoms with E-state index in [1.165, 1.54) is 38.5 Å². The number of rotatable bonds is 5. The maximum Gasteiger partial charge on any atom is -0.0414 e. The summed E-state index contributed by atoms with van der Waals surface area (Å²) in [5.41, 5.74) is 0. The third-order valence-corrected chi connectivity index (χ3v) is 2.70. The SMILES string of the molecule is CCC(C)CCCC1CC1. The van der Waals surface area contributed by atoms with Gasteiger partial charge < -0.3 is 0 Å². The van der Waals surface area contributed by atoms with E-state index in [-0.39, 0.29) is 0 Å². The first kappa shape index (κ1) is 8.10. The van der Waals surface area contributed by atoms with E-state index in [2.05, 4.69) is 13.8 Å². The normalized spacial score (nSPS) is 21.0. The molecule has 1 aliphatic carbocycles. The van der Waals surface area contributed by atoms with Crippen LogP contribution in [0.15, 0.2) is 0 Å². The Morgan fingerprint density at radius 2 is 2.10 bits per heavy atom. The van der Waals surface area contributed by atoms with E-state index in [4.69, 9.17) is 0 Å². The molecule has 0 spiro atoms. The molecule has 1 fully saturated rings. The third-order valence-electron chi connectivity index (χ3n) is 2.70. The molecule has 0 aliphatic heterocycles. The molecule has 0 N–H and O–H groups in total. The van der Waals surface area contributed by atoms with Crippen molar-refractivity contribution in [3.8, 4) is 0 Å². The van der Waals surface area contributed by atoms with Gasteiger partial charge in [0.1, 0.15) is 0 Å². The van der Waals surface area contributed by atoms with Crippen LogP contribution in [0.2, 0.25) is 0 Å². The van der Waals surface area contributed by atoms with Crippen LogP contribution in [0.5, 0.6) is 0 Å². The lowest BCUT2D eigenvalue weighted by molar-refractivity contribution is 0.474. The molecule has 1 rings (SSSR count). The summed E-state index contributed by atoms with van der Waals surface area (Å²) in [6, 6.07) is 0. The average molecular weight is 140 g/mol. The Morgan fingerprint density at radius 3 is 2.60 bits per heavy atom. The van der Waals surface area contributed by atoms with Gasteiger partial charge in [-0.25, -0.2) is 0 Å². The van der Waals surface area contributed by atoms with Crippen molar-refractivity contribution in [1.82, 2.24) is 0 Å². The van der Waals surface area contributed by atoms with Gasteiger partial charge in [-0.3, -0.25) is 0 Å². The summed E-state index contributed by atoms with van der Waals surface area (Å²) in [6.45, 7) is 4.66. The van der Waals surface area contributed by atoms with E-state index in [0.717, 1.165) is 11.8 Å². The van der Waals surface area contributed by atoms with Gasteiger partial charge in [0.05, 0.1) is 0 Å². The molecule has 0 aromatic heterocycles. The van der Waals surface area contributed by atoms with E-state index in [1.807, 2.05) is 0 Å². The second-order valence-corrected chi connectivity index (χ2v) is 3.89. The van der Waals surface area contributed by atoms with Gasteiger partial charge in [-0.1, -0.05) is 52.4 Å². The highest BCUT2D eigenvalue weighted by Gasteiger charge is 2.20. The highest BCUT2D eigenvalue weighted by Crippen LogP contribution is 2.34. The molecular formula is C10H20. The molecule has 0 saturated heterocycles. The van der Waals surface area contributed by atoms with Crippen LogP contribution in [0.3, 0.4) is 0 Å². The first-order chi connectivity index (χ1) is 4.83. The summed E-state index contributed by atoms with van der Waals surface area (Å²) in [5, 5.41) is 0. The molecule has 1 aliphatic rings. The lowest BCUT2D eigenvalue weighted by atomic mass is 10.0. The van der Waals surface area contributed by atoms with Crippen molar-refractivity contribution in [2.45, 2.75) is 52.4 Å². The van der Waals surface area contributed by atoms with E-state index in [1.54, 1.807) is 0 Å². The van der Waals surface area contributed by atoms with Crippen LogP contribution in [-0.4, -0.2) is 0 Å². The van der Waals surface area contributed by atoms with Gasteiger partial charge in [0.15, 0.2) is 0 Å². The molecule has 0 nitrogen and oxygen atoms in total. The highest BCUT2D eigenvalue weighted by molar-refractivity contribution is 4.72. The Labute approximate surface area is 65.0 Å². The van der Waals surface area contributed by atoms with Gasteiger partial charge in [0, 0.05) is 0 Å². The van der Waals surface area contributed by atoms with Gasteiger partial charge in [0.2, 0.25) is 0 Å². The fraction of sp³-hybridized carbons (Fsp3) is 1.00. The summed E-state index contributed by atoms with van der Waals surface area (Å²) < 4.78 is 0. The van der Waals surface area contributed by atoms with E-state index >= 15 is 0 Å². The van der Waals surface area contributed by atoms with Crippen molar-refractivity contribution < 1.29 is 0 Å². The summed E-state index contributed by atoms with van der Waals surface area (Å²) in [6.07, 6.45) is 8.89. The molecule has 0 aromatic carbocycles. The minimum Gasteiger partial charge on any atom is -0.0651 e. The molecule has 1 saturated carbocycles. The first-order valence-corrected chi connectivity index (χ1v) is 4.83. The van der Waals surface area contributed by atoms with E-state index in [9.17, 15) is 0 Å². The molecule has 0 aromatic rings. The minimum atomic E-state index is 0.971. The maximum atomic E-state index is 2.37. The fourth-order valence-electron chi connectivity index (χ4n) is 1.37. The third kappa shape index (κ3) is 3.24. The molecular weight excluding hydrogens is 120 g/mol.